The van der Waals surface area contributed by atoms with Crippen molar-refractivity contribution < 1.29 is 4.74 Å². The zero-order valence-corrected chi connectivity index (χ0v) is 10.8. The zero-order valence-electron chi connectivity index (χ0n) is 10.8. The monoisotopic (exact) mass is 234 g/mol. The number of nitrogen functional groups attached to an aromatic ring is 1. The van der Waals surface area contributed by atoms with E-state index >= 15 is 0 Å². The van der Waals surface area contributed by atoms with Crippen LogP contribution in [-0.4, -0.2) is 24.6 Å². The molecule has 0 heterocycles. The molecule has 1 aromatic carbocycles. The number of hydrogen-bond acceptors (Lipinski definition) is 3. The number of benzene rings is 1. The fourth-order valence-electron chi connectivity index (χ4n) is 2.18. The molecule has 0 amide bonds. The SMILES string of the molecule is CCCN(Cc1cc(OC)ccc1N)C1CC1. The highest BCUT2D eigenvalue weighted by molar-refractivity contribution is 5.50. The quantitative estimate of drug-likeness (QED) is 0.769. The van der Waals surface area contributed by atoms with Gasteiger partial charge in [0, 0.05) is 18.3 Å². The Hall–Kier alpha value is -1.22. The minimum atomic E-state index is 0.778. The summed E-state index contributed by atoms with van der Waals surface area (Å²) in [4.78, 5) is 2.53. The van der Waals surface area contributed by atoms with Crippen molar-refractivity contribution in [2.24, 2.45) is 0 Å². The summed E-state index contributed by atoms with van der Waals surface area (Å²) in [5.74, 6) is 0.890. The standard InChI is InChI=1S/C14H22N2O/c1-3-8-16(12-4-5-12)10-11-9-13(17-2)6-7-14(11)15/h6-7,9,12H,3-5,8,10,15H2,1-2H3. The van der Waals surface area contributed by atoms with Crippen molar-refractivity contribution in [3.05, 3.63) is 23.8 Å². The molecule has 94 valence electrons. The molecule has 0 aromatic heterocycles. The van der Waals surface area contributed by atoms with Gasteiger partial charge in [0.05, 0.1) is 7.11 Å². The van der Waals surface area contributed by atoms with Crippen molar-refractivity contribution in [3.8, 4) is 5.75 Å². The number of nitrogens with two attached hydrogens (primary N) is 1. The molecule has 0 aliphatic heterocycles. The minimum absolute atomic E-state index is 0.778. The van der Waals surface area contributed by atoms with Crippen molar-refractivity contribution >= 4 is 5.69 Å². The van der Waals surface area contributed by atoms with Crippen molar-refractivity contribution in [2.45, 2.75) is 38.8 Å². The second kappa shape index (κ2) is 5.41. The number of rotatable bonds is 6. The van der Waals surface area contributed by atoms with E-state index in [0.717, 1.165) is 30.6 Å². The van der Waals surface area contributed by atoms with Crippen molar-refractivity contribution in [2.75, 3.05) is 19.4 Å². The molecule has 0 unspecified atom stereocenters. The summed E-state index contributed by atoms with van der Waals surface area (Å²) in [5.41, 5.74) is 8.08. The molecule has 1 fully saturated rings. The fourth-order valence-corrected chi connectivity index (χ4v) is 2.18. The van der Waals surface area contributed by atoms with Gasteiger partial charge >= 0.3 is 0 Å². The first-order valence-electron chi connectivity index (χ1n) is 6.41. The molecule has 0 spiro atoms. The lowest BCUT2D eigenvalue weighted by molar-refractivity contribution is 0.255. The van der Waals surface area contributed by atoms with Crippen LogP contribution in [0.2, 0.25) is 0 Å². The van der Waals surface area contributed by atoms with Gasteiger partial charge in [0.2, 0.25) is 0 Å². The van der Waals surface area contributed by atoms with Crippen molar-refractivity contribution in [1.82, 2.24) is 4.90 Å². The van der Waals surface area contributed by atoms with Gasteiger partial charge < -0.3 is 10.5 Å². The third kappa shape index (κ3) is 3.13. The van der Waals surface area contributed by atoms with Crippen LogP contribution in [0.1, 0.15) is 31.7 Å². The van der Waals surface area contributed by atoms with E-state index in [1.165, 1.54) is 24.8 Å². The normalized spacial score (nSPS) is 15.2. The number of ether oxygens (including phenoxy) is 1. The van der Waals surface area contributed by atoms with Crippen LogP contribution in [0.4, 0.5) is 5.69 Å². The summed E-state index contributed by atoms with van der Waals surface area (Å²) in [7, 11) is 1.69. The lowest BCUT2D eigenvalue weighted by atomic mass is 10.1. The Morgan fingerprint density at radius 3 is 2.76 bits per heavy atom. The van der Waals surface area contributed by atoms with E-state index in [1.54, 1.807) is 7.11 Å². The minimum Gasteiger partial charge on any atom is -0.497 e. The van der Waals surface area contributed by atoms with Gasteiger partial charge in [-0.1, -0.05) is 6.92 Å². The molecule has 3 nitrogen and oxygen atoms in total. The number of nitrogens with zero attached hydrogens (tertiary/aromatic N) is 1. The second-order valence-electron chi connectivity index (χ2n) is 4.77. The van der Waals surface area contributed by atoms with Gasteiger partial charge in [0.15, 0.2) is 0 Å². The molecular weight excluding hydrogens is 212 g/mol. The zero-order chi connectivity index (χ0) is 12.3. The van der Waals surface area contributed by atoms with Crippen LogP contribution in [0.5, 0.6) is 5.75 Å². The maximum absolute atomic E-state index is 6.03. The summed E-state index contributed by atoms with van der Waals surface area (Å²) >= 11 is 0. The van der Waals surface area contributed by atoms with E-state index in [2.05, 4.69) is 17.9 Å². The Balaban J connectivity index is 2.09. The largest absolute Gasteiger partial charge is 0.497 e. The van der Waals surface area contributed by atoms with Crippen LogP contribution in [0.25, 0.3) is 0 Å². The highest BCUT2D eigenvalue weighted by Gasteiger charge is 2.28. The average Bonchev–Trinajstić information content (AvgIpc) is 3.15. The van der Waals surface area contributed by atoms with Crippen LogP contribution in [0.15, 0.2) is 18.2 Å². The predicted molar refractivity (Wildman–Crippen MR) is 71.1 cm³/mol. The van der Waals surface area contributed by atoms with Crippen molar-refractivity contribution in [1.29, 1.82) is 0 Å². The second-order valence-corrected chi connectivity index (χ2v) is 4.77. The lowest BCUT2D eigenvalue weighted by Gasteiger charge is -2.22. The third-order valence-corrected chi connectivity index (χ3v) is 3.30. The summed E-state index contributed by atoms with van der Waals surface area (Å²) in [6, 6.07) is 6.69. The number of methoxy groups -OCH3 is 1. The topological polar surface area (TPSA) is 38.5 Å². The first-order valence-corrected chi connectivity index (χ1v) is 6.41. The van der Waals surface area contributed by atoms with E-state index in [4.69, 9.17) is 10.5 Å². The molecule has 2 rings (SSSR count). The van der Waals surface area contributed by atoms with E-state index < -0.39 is 0 Å². The van der Waals surface area contributed by atoms with E-state index in [1.807, 2.05) is 12.1 Å². The molecule has 0 bridgehead atoms. The molecule has 17 heavy (non-hydrogen) atoms. The van der Waals surface area contributed by atoms with Crippen LogP contribution in [0.3, 0.4) is 0 Å². The summed E-state index contributed by atoms with van der Waals surface area (Å²) in [6.45, 7) is 4.33. The van der Waals surface area contributed by atoms with Crippen LogP contribution in [0, 0.1) is 0 Å². The van der Waals surface area contributed by atoms with Gasteiger partial charge in [-0.05, 0) is 49.6 Å². The maximum Gasteiger partial charge on any atom is 0.119 e. The van der Waals surface area contributed by atoms with Crippen LogP contribution < -0.4 is 10.5 Å². The van der Waals surface area contributed by atoms with Crippen molar-refractivity contribution in [3.63, 3.8) is 0 Å². The Bertz CT molecular complexity index is 374. The highest BCUT2D eigenvalue weighted by Crippen LogP contribution is 2.30. The van der Waals surface area contributed by atoms with Gasteiger partial charge in [0.1, 0.15) is 5.75 Å². The first-order chi connectivity index (χ1) is 8.24. The van der Waals surface area contributed by atoms with E-state index in [-0.39, 0.29) is 0 Å². The molecule has 1 aliphatic carbocycles. The van der Waals surface area contributed by atoms with Gasteiger partial charge in [-0.15, -0.1) is 0 Å². The van der Waals surface area contributed by atoms with E-state index in [9.17, 15) is 0 Å². The average molecular weight is 234 g/mol. The van der Waals surface area contributed by atoms with Gasteiger partial charge in [0.25, 0.3) is 0 Å². The van der Waals surface area contributed by atoms with Crippen LogP contribution >= 0.6 is 0 Å². The molecule has 1 saturated carbocycles. The maximum atomic E-state index is 6.03. The van der Waals surface area contributed by atoms with Gasteiger partial charge in [-0.3, -0.25) is 4.90 Å². The van der Waals surface area contributed by atoms with E-state index in [0.29, 0.717) is 0 Å². The molecule has 0 atom stereocenters. The fraction of sp³-hybridized carbons (Fsp3) is 0.571. The summed E-state index contributed by atoms with van der Waals surface area (Å²) in [6.07, 6.45) is 3.87. The smallest absolute Gasteiger partial charge is 0.119 e. The van der Waals surface area contributed by atoms with Gasteiger partial charge in [-0.25, -0.2) is 0 Å². The molecule has 2 N–H and O–H groups in total. The molecule has 1 aromatic rings. The Labute approximate surface area is 104 Å². The number of anilines is 1. The Morgan fingerprint density at radius 1 is 1.41 bits per heavy atom. The molecule has 0 radical (unpaired) electrons. The predicted octanol–water partition coefficient (Wildman–Crippen LogP) is 2.65. The molecular formula is C14H22N2O. The highest BCUT2D eigenvalue weighted by atomic mass is 16.5. The molecule has 3 heteroatoms. The Kier molecular flexibility index (Phi) is 3.89. The summed E-state index contributed by atoms with van der Waals surface area (Å²) < 4.78 is 5.25. The number of hydrogen-bond donors (Lipinski definition) is 1. The van der Waals surface area contributed by atoms with Crippen LogP contribution in [-0.2, 0) is 6.54 Å². The molecule has 1 aliphatic rings. The third-order valence-electron chi connectivity index (χ3n) is 3.30. The lowest BCUT2D eigenvalue weighted by Crippen LogP contribution is -2.26. The Morgan fingerprint density at radius 2 is 2.18 bits per heavy atom. The van der Waals surface area contributed by atoms with Gasteiger partial charge in [-0.2, -0.15) is 0 Å². The molecule has 0 saturated heterocycles. The summed E-state index contributed by atoms with van der Waals surface area (Å²) in [5, 5.41) is 0. The first kappa shape index (κ1) is 12.2.